The zero-order valence-electron chi connectivity index (χ0n) is 19.3. The summed E-state index contributed by atoms with van der Waals surface area (Å²) in [5, 5.41) is 8.17. The van der Waals surface area contributed by atoms with E-state index < -0.39 is 6.16 Å². The van der Waals surface area contributed by atoms with Gasteiger partial charge >= 0.3 is 6.16 Å². The highest BCUT2D eigenvalue weighted by Crippen LogP contribution is 2.23. The number of pyridine rings is 1. The Morgan fingerprint density at radius 3 is 2.53 bits per heavy atom. The monoisotopic (exact) mass is 444 g/mol. The molecular weight excluding hydrogens is 412 g/mol. The molecule has 3 rings (SSSR count). The summed E-state index contributed by atoms with van der Waals surface area (Å²) in [6.07, 6.45) is 1.96. The summed E-state index contributed by atoms with van der Waals surface area (Å²) in [6.45, 7) is 10.8. The van der Waals surface area contributed by atoms with Gasteiger partial charge in [-0.2, -0.15) is 0 Å². The lowest BCUT2D eigenvalue weighted by Gasteiger charge is -2.30. The van der Waals surface area contributed by atoms with E-state index >= 15 is 0 Å². The number of piperidine rings is 1. The molecule has 10 nitrogen and oxygen atoms in total. The summed E-state index contributed by atoms with van der Waals surface area (Å²) in [6, 6.07) is 5.98. The third-order valence-corrected chi connectivity index (χ3v) is 4.65. The number of hydrogen-bond donors (Lipinski definition) is 2. The van der Waals surface area contributed by atoms with Crippen LogP contribution in [0.2, 0.25) is 0 Å². The molecule has 0 spiro atoms. The number of hydroxylamine groups is 2. The van der Waals surface area contributed by atoms with Crippen LogP contribution in [0.3, 0.4) is 0 Å². The van der Waals surface area contributed by atoms with Crippen molar-refractivity contribution in [2.75, 3.05) is 23.7 Å². The number of aromatic nitrogens is 3. The van der Waals surface area contributed by atoms with Crippen LogP contribution in [0.1, 0.15) is 46.2 Å². The molecular formula is C22H32N6O4. The minimum absolute atomic E-state index is 0.0245. The Morgan fingerprint density at radius 2 is 1.88 bits per heavy atom. The second-order valence-corrected chi connectivity index (χ2v) is 8.25. The molecule has 1 saturated heterocycles. The van der Waals surface area contributed by atoms with Crippen LogP contribution >= 0.6 is 0 Å². The summed E-state index contributed by atoms with van der Waals surface area (Å²) in [5.74, 6) is 1.95. The van der Waals surface area contributed by atoms with Gasteiger partial charge in [0.25, 0.3) is 0 Å². The van der Waals surface area contributed by atoms with E-state index in [1.54, 1.807) is 25.0 Å². The molecule has 1 aliphatic rings. The molecule has 0 radical (unpaired) electrons. The maximum Gasteiger partial charge on any atom is 0.528 e. The number of carbonyl (C=O) groups excluding carboxylic acids is 1. The van der Waals surface area contributed by atoms with Gasteiger partial charge in [0, 0.05) is 38.0 Å². The number of anilines is 3. The van der Waals surface area contributed by atoms with Crippen LogP contribution in [0.15, 0.2) is 24.5 Å². The first-order chi connectivity index (χ1) is 15.3. The van der Waals surface area contributed by atoms with E-state index in [1.807, 2.05) is 19.1 Å². The van der Waals surface area contributed by atoms with Crippen molar-refractivity contribution in [3.8, 4) is 5.88 Å². The van der Waals surface area contributed by atoms with Gasteiger partial charge < -0.3 is 24.9 Å². The Labute approximate surface area is 188 Å². The molecule has 0 atom stereocenters. The normalized spacial score (nSPS) is 15.0. The van der Waals surface area contributed by atoms with Crippen molar-refractivity contribution in [2.45, 2.75) is 65.7 Å². The standard InChI is InChI=1S/C22H32N6O4/c1-14(2)25-19-7-6-18(16(5)26-19)27-20-12-21(24-13-23-20)31-17-8-10-28(11-9-17)32-22(29)30-15(3)4/h6-7,12-15,17H,8-11H2,1-5H3,(H,25,26)(H,23,24,27). The zero-order chi connectivity index (χ0) is 23.1. The Balaban J connectivity index is 1.52. The zero-order valence-corrected chi connectivity index (χ0v) is 19.3. The van der Waals surface area contributed by atoms with Crippen LogP contribution in [0.25, 0.3) is 0 Å². The van der Waals surface area contributed by atoms with Crippen molar-refractivity contribution in [3.63, 3.8) is 0 Å². The fourth-order valence-electron chi connectivity index (χ4n) is 3.21. The summed E-state index contributed by atoms with van der Waals surface area (Å²) in [4.78, 5) is 29.9. The van der Waals surface area contributed by atoms with Crippen LogP contribution in [-0.4, -0.2) is 57.5 Å². The smallest absolute Gasteiger partial charge is 0.474 e. The predicted molar refractivity (Wildman–Crippen MR) is 121 cm³/mol. The molecule has 2 aromatic rings. The lowest BCUT2D eigenvalue weighted by Crippen LogP contribution is -2.40. The minimum Gasteiger partial charge on any atom is -0.474 e. The second kappa shape index (κ2) is 10.9. The summed E-state index contributed by atoms with van der Waals surface area (Å²) >= 11 is 0. The summed E-state index contributed by atoms with van der Waals surface area (Å²) in [5.41, 5.74) is 1.72. The third-order valence-electron chi connectivity index (χ3n) is 4.65. The predicted octanol–water partition coefficient (Wildman–Crippen LogP) is 4.06. The van der Waals surface area contributed by atoms with Gasteiger partial charge in [-0.25, -0.2) is 19.7 Å². The summed E-state index contributed by atoms with van der Waals surface area (Å²) in [7, 11) is 0. The fraction of sp³-hybridized carbons (Fsp3) is 0.545. The second-order valence-electron chi connectivity index (χ2n) is 8.25. The number of ether oxygens (including phenoxy) is 2. The number of rotatable bonds is 8. The topological polar surface area (TPSA) is 111 Å². The molecule has 2 aromatic heterocycles. The molecule has 0 saturated carbocycles. The number of nitrogens with one attached hydrogen (secondary N) is 2. The van der Waals surface area contributed by atoms with Crippen LogP contribution in [-0.2, 0) is 9.57 Å². The van der Waals surface area contributed by atoms with E-state index in [1.165, 1.54) is 6.33 Å². The van der Waals surface area contributed by atoms with Crippen LogP contribution in [0.4, 0.5) is 22.1 Å². The Kier molecular flexibility index (Phi) is 8.04. The van der Waals surface area contributed by atoms with Gasteiger partial charge in [0.05, 0.1) is 17.5 Å². The molecule has 32 heavy (non-hydrogen) atoms. The third kappa shape index (κ3) is 7.23. The molecule has 174 valence electrons. The summed E-state index contributed by atoms with van der Waals surface area (Å²) < 4.78 is 11.0. The van der Waals surface area contributed by atoms with Crippen molar-refractivity contribution in [2.24, 2.45) is 0 Å². The molecule has 3 heterocycles. The first-order valence-corrected chi connectivity index (χ1v) is 10.9. The molecule has 1 aliphatic heterocycles. The Morgan fingerprint density at radius 1 is 1.12 bits per heavy atom. The van der Waals surface area contributed by atoms with Crippen molar-refractivity contribution in [1.82, 2.24) is 20.0 Å². The van der Waals surface area contributed by atoms with E-state index in [0.717, 1.165) is 17.2 Å². The number of aryl methyl sites for hydroxylation is 1. The van der Waals surface area contributed by atoms with Crippen LogP contribution in [0, 0.1) is 6.92 Å². The molecule has 0 unspecified atom stereocenters. The van der Waals surface area contributed by atoms with Crippen molar-refractivity contribution in [3.05, 3.63) is 30.2 Å². The van der Waals surface area contributed by atoms with Crippen molar-refractivity contribution >= 4 is 23.5 Å². The molecule has 0 amide bonds. The van der Waals surface area contributed by atoms with Crippen molar-refractivity contribution in [1.29, 1.82) is 0 Å². The number of carbonyl (C=O) groups is 1. The quantitative estimate of drug-likeness (QED) is 0.578. The largest absolute Gasteiger partial charge is 0.528 e. The molecule has 0 aromatic carbocycles. The Hall–Kier alpha value is -3.14. The van der Waals surface area contributed by atoms with Gasteiger partial charge in [-0.15, -0.1) is 5.06 Å². The highest BCUT2D eigenvalue weighted by atomic mass is 16.8. The number of nitrogens with zero attached hydrogens (tertiary/aromatic N) is 4. The lowest BCUT2D eigenvalue weighted by atomic mass is 10.1. The molecule has 10 heteroatoms. The van der Waals surface area contributed by atoms with Gasteiger partial charge in [-0.05, 0) is 46.8 Å². The molecule has 0 aliphatic carbocycles. The van der Waals surface area contributed by atoms with E-state index in [0.29, 0.717) is 43.7 Å². The van der Waals surface area contributed by atoms with Crippen LogP contribution < -0.4 is 15.4 Å². The lowest BCUT2D eigenvalue weighted by molar-refractivity contribution is -0.151. The van der Waals surface area contributed by atoms with Gasteiger partial charge in [0.15, 0.2) is 0 Å². The SMILES string of the molecule is Cc1nc(NC(C)C)ccc1Nc1cc(OC2CCN(OC(=O)OC(C)C)CC2)ncn1. The highest BCUT2D eigenvalue weighted by molar-refractivity contribution is 5.61. The van der Waals surface area contributed by atoms with E-state index in [9.17, 15) is 4.79 Å². The molecule has 2 N–H and O–H groups in total. The first-order valence-electron chi connectivity index (χ1n) is 10.9. The van der Waals surface area contributed by atoms with Crippen LogP contribution in [0.5, 0.6) is 5.88 Å². The van der Waals surface area contributed by atoms with Crippen molar-refractivity contribution < 1.29 is 19.1 Å². The van der Waals surface area contributed by atoms with Gasteiger partial charge in [-0.3, -0.25) is 0 Å². The highest BCUT2D eigenvalue weighted by Gasteiger charge is 2.24. The number of hydrogen-bond acceptors (Lipinski definition) is 10. The average Bonchev–Trinajstić information content (AvgIpc) is 2.71. The minimum atomic E-state index is -0.677. The Bertz CT molecular complexity index is 900. The molecule has 1 fully saturated rings. The van der Waals surface area contributed by atoms with E-state index in [4.69, 9.17) is 14.3 Å². The molecule has 0 bridgehead atoms. The maximum atomic E-state index is 11.6. The van der Waals surface area contributed by atoms with Gasteiger partial charge in [0.2, 0.25) is 5.88 Å². The fourth-order valence-corrected chi connectivity index (χ4v) is 3.21. The maximum absolute atomic E-state index is 11.6. The van der Waals surface area contributed by atoms with E-state index in [2.05, 4.69) is 39.4 Å². The van der Waals surface area contributed by atoms with Gasteiger partial charge in [0.1, 0.15) is 24.1 Å². The van der Waals surface area contributed by atoms with Gasteiger partial charge in [-0.1, -0.05) is 0 Å². The average molecular weight is 445 g/mol. The van der Waals surface area contributed by atoms with E-state index in [-0.39, 0.29) is 12.2 Å². The first kappa shape index (κ1) is 23.5.